The molecule has 0 saturated carbocycles. The smallest absolute Gasteiger partial charge is 0.432 e. The molecule has 0 radical (unpaired) electrons. The highest BCUT2D eigenvalue weighted by molar-refractivity contribution is 6.13. The predicted molar refractivity (Wildman–Crippen MR) is 68.5 cm³/mol. The molecule has 0 fully saturated rings. The number of hydrogen-bond donors (Lipinski definition) is 2. The van der Waals surface area contributed by atoms with Gasteiger partial charge in [0.25, 0.3) is 0 Å². The van der Waals surface area contributed by atoms with Crippen LogP contribution in [-0.2, 0) is 6.18 Å². The number of ether oxygens (including phenoxy) is 1. The minimum atomic E-state index is -4.31. The predicted octanol–water partition coefficient (Wildman–Crippen LogP) is 2.72. The molecule has 0 unspecified atom stereocenters. The quantitative estimate of drug-likeness (QED) is 0.710. The molecule has 0 spiro atoms. The Balaban J connectivity index is 0.000000452. The maximum absolute atomic E-state index is 12.3. The molecule has 104 valence electrons. The second-order valence-electron chi connectivity index (χ2n) is 3.98. The Hall–Kier alpha value is -1.99. The van der Waals surface area contributed by atoms with Gasteiger partial charge in [0.05, 0.1) is 5.56 Å². The van der Waals surface area contributed by atoms with E-state index in [1.807, 2.05) is 18.2 Å². The first-order chi connectivity index (χ1) is 9.45. The van der Waals surface area contributed by atoms with Crippen molar-refractivity contribution in [3.8, 4) is 22.6 Å². The standard InChI is InChI=1S/C13H7F3O.BH3O2/c14-13(15,16)9-2-4-10(5-3-9)17-12-6-1-8-7-11(8)12;2-1-3/h1-7H;1-3H. The maximum atomic E-state index is 12.3. The summed E-state index contributed by atoms with van der Waals surface area (Å²) in [4.78, 5) is 0. The molecule has 0 atom stereocenters. The molecule has 1 aromatic rings. The third-order valence-corrected chi connectivity index (χ3v) is 2.62. The highest BCUT2D eigenvalue weighted by atomic mass is 19.4. The number of halogens is 3. The fraction of sp³-hybridized carbons (Fsp3) is 0.0769. The second-order valence-corrected chi connectivity index (χ2v) is 3.98. The fourth-order valence-electron chi connectivity index (χ4n) is 1.65. The first kappa shape index (κ1) is 14.4. The van der Waals surface area contributed by atoms with Crippen LogP contribution in [0.3, 0.4) is 0 Å². The molecule has 3 nitrogen and oxygen atoms in total. The van der Waals surface area contributed by atoms with E-state index in [9.17, 15) is 13.2 Å². The van der Waals surface area contributed by atoms with Gasteiger partial charge in [0, 0.05) is 5.56 Å². The molecule has 0 amide bonds. The summed E-state index contributed by atoms with van der Waals surface area (Å²) in [6.07, 6.45) is -4.31. The summed E-state index contributed by atoms with van der Waals surface area (Å²) in [5.41, 5.74) is 1.49. The number of fused-ring (bicyclic) bond motifs is 1. The van der Waals surface area contributed by atoms with E-state index in [0.717, 1.165) is 23.3 Å². The number of hydrogen-bond acceptors (Lipinski definition) is 3. The lowest BCUT2D eigenvalue weighted by atomic mass is 10.2. The summed E-state index contributed by atoms with van der Waals surface area (Å²) < 4.78 is 42.4. The van der Waals surface area contributed by atoms with Crippen molar-refractivity contribution in [3.05, 3.63) is 48.0 Å². The molecule has 1 aromatic carbocycles. The fourth-order valence-corrected chi connectivity index (χ4v) is 1.65. The van der Waals surface area contributed by atoms with Gasteiger partial charge in [0.15, 0.2) is 0 Å². The van der Waals surface area contributed by atoms with Crippen molar-refractivity contribution in [1.82, 2.24) is 0 Å². The minimum Gasteiger partial charge on any atom is -0.457 e. The number of alkyl halides is 3. The number of benzene rings is 2. The monoisotopic (exact) mass is 282 g/mol. The molecule has 0 heterocycles. The molecular weight excluding hydrogens is 272 g/mol. The maximum Gasteiger partial charge on any atom is 0.432 e. The van der Waals surface area contributed by atoms with E-state index >= 15 is 0 Å². The Morgan fingerprint density at radius 2 is 1.55 bits per heavy atom. The van der Waals surface area contributed by atoms with Gasteiger partial charge in [-0.1, -0.05) is 6.07 Å². The van der Waals surface area contributed by atoms with E-state index in [4.69, 9.17) is 14.8 Å². The van der Waals surface area contributed by atoms with Crippen molar-refractivity contribution in [2.24, 2.45) is 0 Å². The lowest BCUT2D eigenvalue weighted by Crippen LogP contribution is -2.03. The van der Waals surface area contributed by atoms with Gasteiger partial charge in [-0.3, -0.25) is 0 Å². The van der Waals surface area contributed by atoms with E-state index in [2.05, 4.69) is 0 Å². The van der Waals surface area contributed by atoms with Crippen molar-refractivity contribution in [3.63, 3.8) is 0 Å². The van der Waals surface area contributed by atoms with Crippen LogP contribution in [0.15, 0.2) is 42.5 Å². The van der Waals surface area contributed by atoms with Crippen LogP contribution in [0.1, 0.15) is 5.56 Å². The molecule has 7 heteroatoms. The topological polar surface area (TPSA) is 49.7 Å². The van der Waals surface area contributed by atoms with Gasteiger partial charge in [-0.2, -0.15) is 13.2 Å². The lowest BCUT2D eigenvalue weighted by Gasteiger charge is -2.08. The lowest BCUT2D eigenvalue weighted by molar-refractivity contribution is -0.137. The first-order valence-corrected chi connectivity index (χ1v) is 5.67. The largest absolute Gasteiger partial charge is 0.457 e. The Labute approximate surface area is 113 Å². The molecule has 0 aromatic heterocycles. The van der Waals surface area contributed by atoms with Gasteiger partial charge in [0.1, 0.15) is 11.5 Å². The van der Waals surface area contributed by atoms with Gasteiger partial charge < -0.3 is 14.8 Å². The van der Waals surface area contributed by atoms with Gasteiger partial charge in [-0.05, 0) is 42.0 Å². The summed E-state index contributed by atoms with van der Waals surface area (Å²) in [5.74, 6) is 1.10. The average Bonchev–Trinajstić information content (AvgIpc) is 3.06. The highest BCUT2D eigenvalue weighted by Gasteiger charge is 2.30. The Morgan fingerprint density at radius 1 is 0.950 bits per heavy atom. The molecule has 3 rings (SSSR count). The molecule has 0 bridgehead atoms. The molecule has 2 aliphatic rings. The zero-order valence-electron chi connectivity index (χ0n) is 10.2. The van der Waals surface area contributed by atoms with Gasteiger partial charge in [-0.25, -0.2) is 0 Å². The first-order valence-electron chi connectivity index (χ1n) is 5.67. The molecule has 0 aliphatic heterocycles. The third kappa shape index (κ3) is 3.31. The zero-order valence-corrected chi connectivity index (χ0v) is 10.2. The zero-order chi connectivity index (χ0) is 14.8. The Morgan fingerprint density at radius 3 is 1.95 bits per heavy atom. The summed E-state index contributed by atoms with van der Waals surface area (Å²) >= 11 is 0. The summed E-state index contributed by atoms with van der Waals surface area (Å²) in [6.45, 7) is 0. The van der Waals surface area contributed by atoms with Crippen LogP contribution >= 0.6 is 0 Å². The molecule has 2 N–H and O–H groups in total. The van der Waals surface area contributed by atoms with Crippen LogP contribution in [0.2, 0.25) is 0 Å². The van der Waals surface area contributed by atoms with Crippen molar-refractivity contribution in [2.45, 2.75) is 6.18 Å². The van der Waals surface area contributed by atoms with E-state index in [-0.39, 0.29) is 0 Å². The van der Waals surface area contributed by atoms with E-state index in [1.165, 1.54) is 12.1 Å². The molecule has 0 saturated heterocycles. The van der Waals surface area contributed by atoms with Crippen LogP contribution < -0.4 is 4.74 Å². The average molecular weight is 282 g/mol. The van der Waals surface area contributed by atoms with Gasteiger partial charge in [-0.15, -0.1) is 0 Å². The van der Waals surface area contributed by atoms with Crippen molar-refractivity contribution in [1.29, 1.82) is 0 Å². The van der Waals surface area contributed by atoms with E-state index in [1.54, 1.807) is 0 Å². The van der Waals surface area contributed by atoms with Crippen molar-refractivity contribution in [2.75, 3.05) is 0 Å². The summed E-state index contributed by atoms with van der Waals surface area (Å²) in [5, 5.41) is 14.2. The van der Waals surface area contributed by atoms with E-state index < -0.39 is 19.4 Å². The summed E-state index contributed by atoms with van der Waals surface area (Å²) in [6, 6.07) is 10.4. The third-order valence-electron chi connectivity index (χ3n) is 2.62. The van der Waals surface area contributed by atoms with Crippen LogP contribution in [0.5, 0.6) is 11.5 Å². The Bertz CT molecular complexity index is 597. The van der Waals surface area contributed by atoms with Crippen LogP contribution in [0.4, 0.5) is 13.2 Å². The second kappa shape index (κ2) is 5.56. The Kier molecular flexibility index (Phi) is 4.01. The minimum absolute atomic E-state index is 0.409. The normalized spacial score (nSPS) is 11.2. The summed E-state index contributed by atoms with van der Waals surface area (Å²) in [7, 11) is -0.750. The molecular formula is C13H10BF3O3. The van der Waals surface area contributed by atoms with Gasteiger partial charge in [0.2, 0.25) is 0 Å². The van der Waals surface area contributed by atoms with Crippen LogP contribution in [0, 0.1) is 0 Å². The van der Waals surface area contributed by atoms with Crippen molar-refractivity contribution >= 4 is 7.69 Å². The van der Waals surface area contributed by atoms with Gasteiger partial charge >= 0.3 is 13.9 Å². The van der Waals surface area contributed by atoms with Crippen LogP contribution in [0.25, 0.3) is 11.1 Å². The highest BCUT2D eigenvalue weighted by Crippen LogP contribution is 2.45. The van der Waals surface area contributed by atoms with E-state index in [0.29, 0.717) is 11.5 Å². The molecule has 20 heavy (non-hydrogen) atoms. The SMILES string of the molecule is FC(F)(F)c1ccc(Oc2ccc3cc2-3)cc1.OBO. The molecule has 2 aliphatic carbocycles. The van der Waals surface area contributed by atoms with Crippen molar-refractivity contribution < 1.29 is 28.0 Å². The van der Waals surface area contributed by atoms with Crippen LogP contribution in [-0.4, -0.2) is 17.7 Å². The number of rotatable bonds is 2.